The lowest BCUT2D eigenvalue weighted by molar-refractivity contribution is -0.121. The van der Waals surface area contributed by atoms with Crippen molar-refractivity contribution in [3.8, 4) is 0 Å². The molecule has 5 heteroatoms. The third-order valence-electron chi connectivity index (χ3n) is 3.07. The molecule has 1 amide bonds. The molecule has 1 N–H and O–H groups in total. The van der Waals surface area contributed by atoms with Crippen LogP contribution in [0.1, 0.15) is 17.0 Å². The van der Waals surface area contributed by atoms with Gasteiger partial charge in [0, 0.05) is 12.2 Å². The molecule has 4 nitrogen and oxygen atoms in total. The summed E-state index contributed by atoms with van der Waals surface area (Å²) < 4.78 is 15.1. The number of nitrogens with one attached hydrogen (secondary N) is 1. The molecule has 0 aliphatic heterocycles. The number of halogens is 1. The standard InChI is InChI=1S/C15H18FN3O/c1-11-9-12(2)19(18-11)10-15(20)17-8-7-13-5-3-4-6-14(13)16/h3-6,9H,7-8,10H2,1-2H3,(H,17,20). The van der Waals surface area contributed by atoms with E-state index in [1.54, 1.807) is 22.9 Å². The molecule has 2 aromatic rings. The first-order valence-electron chi connectivity index (χ1n) is 6.57. The molecule has 0 bridgehead atoms. The van der Waals surface area contributed by atoms with Crippen molar-refractivity contribution in [2.75, 3.05) is 6.54 Å². The van der Waals surface area contributed by atoms with Crippen LogP contribution in [0.2, 0.25) is 0 Å². The zero-order chi connectivity index (χ0) is 14.5. The number of amides is 1. The fraction of sp³-hybridized carbons (Fsp3) is 0.333. The molecule has 1 aromatic carbocycles. The number of hydrogen-bond acceptors (Lipinski definition) is 2. The van der Waals surface area contributed by atoms with E-state index < -0.39 is 0 Å². The smallest absolute Gasteiger partial charge is 0.241 e. The van der Waals surface area contributed by atoms with E-state index in [4.69, 9.17) is 0 Å². The van der Waals surface area contributed by atoms with Gasteiger partial charge in [0.25, 0.3) is 0 Å². The minimum absolute atomic E-state index is 0.118. The largest absolute Gasteiger partial charge is 0.354 e. The highest BCUT2D eigenvalue weighted by Crippen LogP contribution is 2.06. The average molecular weight is 275 g/mol. The summed E-state index contributed by atoms with van der Waals surface area (Å²) in [5.74, 6) is -0.354. The predicted molar refractivity (Wildman–Crippen MR) is 74.8 cm³/mol. The Balaban J connectivity index is 1.81. The van der Waals surface area contributed by atoms with E-state index in [1.807, 2.05) is 19.9 Å². The van der Waals surface area contributed by atoms with Crippen molar-refractivity contribution in [1.29, 1.82) is 0 Å². The SMILES string of the molecule is Cc1cc(C)n(CC(=O)NCCc2ccccc2F)n1. The quantitative estimate of drug-likeness (QED) is 0.907. The number of hydrogen-bond donors (Lipinski definition) is 1. The van der Waals surface area contributed by atoms with Crippen molar-refractivity contribution >= 4 is 5.91 Å². The predicted octanol–water partition coefficient (Wildman–Crippen LogP) is 2.00. The Morgan fingerprint density at radius 3 is 2.75 bits per heavy atom. The Hall–Kier alpha value is -2.17. The van der Waals surface area contributed by atoms with Crippen LogP contribution >= 0.6 is 0 Å². The summed E-state index contributed by atoms with van der Waals surface area (Å²) in [6, 6.07) is 8.51. The van der Waals surface area contributed by atoms with Crippen molar-refractivity contribution in [2.45, 2.75) is 26.8 Å². The Morgan fingerprint density at radius 2 is 2.10 bits per heavy atom. The Bertz CT molecular complexity index is 607. The molecule has 2 rings (SSSR count). The summed E-state index contributed by atoms with van der Waals surface area (Å²) in [5, 5.41) is 7.00. The van der Waals surface area contributed by atoms with E-state index in [2.05, 4.69) is 10.4 Å². The van der Waals surface area contributed by atoms with E-state index in [9.17, 15) is 9.18 Å². The minimum Gasteiger partial charge on any atom is -0.354 e. The normalized spacial score (nSPS) is 10.6. The van der Waals surface area contributed by atoms with Crippen LogP contribution < -0.4 is 5.32 Å². The maximum Gasteiger partial charge on any atom is 0.241 e. The summed E-state index contributed by atoms with van der Waals surface area (Å²) >= 11 is 0. The fourth-order valence-electron chi connectivity index (χ4n) is 2.06. The van der Waals surface area contributed by atoms with Crippen LogP contribution in [0.15, 0.2) is 30.3 Å². The number of aryl methyl sites for hydroxylation is 2. The molecule has 0 fully saturated rings. The molecule has 0 saturated heterocycles. The van der Waals surface area contributed by atoms with Crippen molar-refractivity contribution < 1.29 is 9.18 Å². The second kappa shape index (κ2) is 6.32. The lowest BCUT2D eigenvalue weighted by Gasteiger charge is -2.07. The van der Waals surface area contributed by atoms with Crippen LogP contribution in [-0.4, -0.2) is 22.2 Å². The number of carbonyl (C=O) groups excluding carboxylic acids is 1. The van der Waals surface area contributed by atoms with E-state index >= 15 is 0 Å². The lowest BCUT2D eigenvalue weighted by Crippen LogP contribution is -2.30. The molecule has 20 heavy (non-hydrogen) atoms. The first kappa shape index (κ1) is 14.2. The van der Waals surface area contributed by atoms with Crippen molar-refractivity contribution in [2.24, 2.45) is 0 Å². The highest BCUT2D eigenvalue weighted by Gasteiger charge is 2.07. The minimum atomic E-state index is -0.236. The van der Waals surface area contributed by atoms with Gasteiger partial charge < -0.3 is 5.32 Å². The highest BCUT2D eigenvalue weighted by molar-refractivity contribution is 5.75. The molecule has 0 saturated carbocycles. The van der Waals surface area contributed by atoms with Crippen molar-refractivity contribution in [3.05, 3.63) is 53.1 Å². The van der Waals surface area contributed by atoms with Gasteiger partial charge in [0.05, 0.1) is 5.69 Å². The Kier molecular flexibility index (Phi) is 4.50. The molecule has 1 heterocycles. The zero-order valence-electron chi connectivity index (χ0n) is 11.7. The summed E-state index contributed by atoms with van der Waals surface area (Å²) in [4.78, 5) is 11.8. The molecular formula is C15H18FN3O. The van der Waals surface area contributed by atoms with Gasteiger partial charge in [0.2, 0.25) is 5.91 Å². The van der Waals surface area contributed by atoms with Gasteiger partial charge in [-0.25, -0.2) is 4.39 Å². The van der Waals surface area contributed by atoms with Crippen LogP contribution in [0.25, 0.3) is 0 Å². The highest BCUT2D eigenvalue weighted by atomic mass is 19.1. The topological polar surface area (TPSA) is 46.9 Å². The van der Waals surface area contributed by atoms with Gasteiger partial charge in [-0.3, -0.25) is 9.48 Å². The van der Waals surface area contributed by atoms with Gasteiger partial charge in [0.1, 0.15) is 12.4 Å². The number of carbonyl (C=O) groups is 1. The number of aromatic nitrogens is 2. The van der Waals surface area contributed by atoms with Gasteiger partial charge >= 0.3 is 0 Å². The number of nitrogens with zero attached hydrogens (tertiary/aromatic N) is 2. The van der Waals surface area contributed by atoms with Gasteiger partial charge in [-0.2, -0.15) is 5.10 Å². The van der Waals surface area contributed by atoms with Crippen LogP contribution in [0.3, 0.4) is 0 Å². The molecule has 0 atom stereocenters. The second-order valence-electron chi connectivity index (χ2n) is 4.78. The third-order valence-corrected chi connectivity index (χ3v) is 3.07. The Morgan fingerprint density at radius 1 is 1.35 bits per heavy atom. The van der Waals surface area contributed by atoms with Crippen molar-refractivity contribution in [3.63, 3.8) is 0 Å². The first-order valence-corrected chi connectivity index (χ1v) is 6.57. The van der Waals surface area contributed by atoms with Gasteiger partial charge in [0.15, 0.2) is 0 Å². The van der Waals surface area contributed by atoms with E-state index in [0.29, 0.717) is 18.5 Å². The molecule has 0 spiro atoms. The van der Waals surface area contributed by atoms with Gasteiger partial charge in [-0.15, -0.1) is 0 Å². The molecular weight excluding hydrogens is 257 g/mol. The summed E-state index contributed by atoms with van der Waals surface area (Å²) in [6.07, 6.45) is 0.482. The van der Waals surface area contributed by atoms with E-state index in [-0.39, 0.29) is 18.3 Å². The number of rotatable bonds is 5. The summed E-state index contributed by atoms with van der Waals surface area (Å²) in [6.45, 7) is 4.40. The van der Waals surface area contributed by atoms with E-state index in [1.165, 1.54) is 6.07 Å². The van der Waals surface area contributed by atoms with Crippen molar-refractivity contribution in [1.82, 2.24) is 15.1 Å². The van der Waals surface area contributed by atoms with Gasteiger partial charge in [-0.05, 0) is 38.0 Å². The fourth-order valence-corrected chi connectivity index (χ4v) is 2.06. The van der Waals surface area contributed by atoms with E-state index in [0.717, 1.165) is 11.4 Å². The van der Waals surface area contributed by atoms with Gasteiger partial charge in [-0.1, -0.05) is 18.2 Å². The molecule has 0 aliphatic rings. The molecule has 106 valence electrons. The maximum absolute atomic E-state index is 13.4. The molecule has 0 unspecified atom stereocenters. The summed E-state index contributed by atoms with van der Waals surface area (Å²) in [5.41, 5.74) is 2.45. The molecule has 0 radical (unpaired) electrons. The van der Waals surface area contributed by atoms with Crippen LogP contribution in [0.4, 0.5) is 4.39 Å². The van der Waals surface area contributed by atoms with Crippen LogP contribution in [0, 0.1) is 19.7 Å². The maximum atomic E-state index is 13.4. The summed E-state index contributed by atoms with van der Waals surface area (Å²) in [7, 11) is 0. The third kappa shape index (κ3) is 3.66. The van der Waals surface area contributed by atoms with Crippen LogP contribution in [-0.2, 0) is 17.8 Å². The molecule has 1 aromatic heterocycles. The van der Waals surface area contributed by atoms with Crippen LogP contribution in [0.5, 0.6) is 0 Å². The Labute approximate surface area is 117 Å². The second-order valence-corrected chi connectivity index (χ2v) is 4.78. The zero-order valence-corrected chi connectivity index (χ0v) is 11.7. The first-order chi connectivity index (χ1) is 9.56. The number of benzene rings is 1. The monoisotopic (exact) mass is 275 g/mol. The lowest BCUT2D eigenvalue weighted by atomic mass is 10.1. The molecule has 0 aliphatic carbocycles. The average Bonchev–Trinajstić information content (AvgIpc) is 2.70.